The van der Waals surface area contributed by atoms with Crippen LogP contribution in [0.3, 0.4) is 0 Å². The Morgan fingerprint density at radius 1 is 1.06 bits per heavy atom. The summed E-state index contributed by atoms with van der Waals surface area (Å²) in [5.74, 6) is -0.891. The number of aromatic nitrogens is 2. The molecule has 0 fully saturated rings. The Balaban J connectivity index is 2.22. The maximum absolute atomic E-state index is 13.1. The number of halogens is 2. The standard InChI is InChI=1S/C13H9F2N3/c14-8-4-7(5-9(15)6-8)13-17-11-3-1-2-10(16)12(11)18-13/h1-6H,16H2,(H,17,18). The van der Waals surface area contributed by atoms with Crippen LogP contribution in [0.4, 0.5) is 14.5 Å². The first-order valence-electron chi connectivity index (χ1n) is 5.34. The highest BCUT2D eigenvalue weighted by Gasteiger charge is 2.09. The molecule has 3 rings (SSSR count). The molecule has 0 bridgehead atoms. The van der Waals surface area contributed by atoms with E-state index in [-0.39, 0.29) is 0 Å². The van der Waals surface area contributed by atoms with Gasteiger partial charge in [-0.1, -0.05) is 6.07 Å². The van der Waals surface area contributed by atoms with E-state index in [1.807, 2.05) is 0 Å². The number of imidazole rings is 1. The van der Waals surface area contributed by atoms with Gasteiger partial charge >= 0.3 is 0 Å². The number of hydrogen-bond donors (Lipinski definition) is 2. The number of aromatic amines is 1. The number of H-pyrrole nitrogens is 1. The van der Waals surface area contributed by atoms with Crippen molar-refractivity contribution in [3.05, 3.63) is 48.0 Å². The number of benzene rings is 2. The summed E-state index contributed by atoms with van der Waals surface area (Å²) in [4.78, 5) is 7.23. The van der Waals surface area contributed by atoms with Crippen molar-refractivity contribution >= 4 is 16.7 Å². The predicted molar refractivity (Wildman–Crippen MR) is 65.9 cm³/mol. The third-order valence-corrected chi connectivity index (χ3v) is 2.68. The van der Waals surface area contributed by atoms with Gasteiger partial charge in [0, 0.05) is 11.6 Å². The molecule has 2 aromatic carbocycles. The van der Waals surface area contributed by atoms with E-state index in [4.69, 9.17) is 5.73 Å². The molecule has 5 heteroatoms. The summed E-state index contributed by atoms with van der Waals surface area (Å²) in [7, 11) is 0. The molecule has 0 unspecified atom stereocenters. The predicted octanol–water partition coefficient (Wildman–Crippen LogP) is 3.09. The Kier molecular flexibility index (Phi) is 2.26. The molecule has 0 aliphatic rings. The van der Waals surface area contributed by atoms with Crippen LogP contribution in [0.1, 0.15) is 0 Å². The molecule has 18 heavy (non-hydrogen) atoms. The Morgan fingerprint density at radius 2 is 1.78 bits per heavy atom. The van der Waals surface area contributed by atoms with Gasteiger partial charge in [-0.25, -0.2) is 13.8 Å². The average Bonchev–Trinajstić information content (AvgIpc) is 2.73. The lowest BCUT2D eigenvalue weighted by molar-refractivity contribution is 0.584. The topological polar surface area (TPSA) is 54.7 Å². The van der Waals surface area contributed by atoms with E-state index in [1.165, 1.54) is 12.1 Å². The summed E-state index contributed by atoms with van der Waals surface area (Å²) in [5, 5.41) is 0. The van der Waals surface area contributed by atoms with Gasteiger partial charge in [-0.05, 0) is 24.3 Å². The zero-order valence-electron chi connectivity index (χ0n) is 9.24. The van der Waals surface area contributed by atoms with E-state index >= 15 is 0 Å². The normalized spacial score (nSPS) is 11.0. The Morgan fingerprint density at radius 3 is 2.44 bits per heavy atom. The molecular weight excluding hydrogens is 236 g/mol. The van der Waals surface area contributed by atoms with Crippen LogP contribution in [-0.4, -0.2) is 9.97 Å². The molecule has 3 N–H and O–H groups in total. The second kappa shape index (κ2) is 3.80. The summed E-state index contributed by atoms with van der Waals surface area (Å²) in [6.07, 6.45) is 0. The minimum absolute atomic E-state index is 0.350. The molecule has 0 spiro atoms. The van der Waals surface area contributed by atoms with Crippen molar-refractivity contribution in [1.29, 1.82) is 0 Å². The molecule has 3 aromatic rings. The molecule has 0 aliphatic heterocycles. The van der Waals surface area contributed by atoms with Crippen molar-refractivity contribution in [2.45, 2.75) is 0 Å². The van der Waals surface area contributed by atoms with Crippen LogP contribution in [-0.2, 0) is 0 Å². The summed E-state index contributed by atoms with van der Waals surface area (Å²) in [6.45, 7) is 0. The lowest BCUT2D eigenvalue weighted by Gasteiger charge is -1.97. The first kappa shape index (κ1) is 10.7. The summed E-state index contributed by atoms with van der Waals surface area (Å²) < 4.78 is 26.3. The van der Waals surface area contributed by atoms with Crippen LogP contribution >= 0.6 is 0 Å². The largest absolute Gasteiger partial charge is 0.397 e. The fraction of sp³-hybridized carbons (Fsp3) is 0. The molecule has 3 nitrogen and oxygen atoms in total. The number of fused-ring (bicyclic) bond motifs is 1. The number of nitrogens with one attached hydrogen (secondary N) is 1. The fourth-order valence-electron chi connectivity index (χ4n) is 1.88. The first-order valence-corrected chi connectivity index (χ1v) is 5.34. The van der Waals surface area contributed by atoms with Crippen molar-refractivity contribution < 1.29 is 8.78 Å². The summed E-state index contributed by atoms with van der Waals surface area (Å²) >= 11 is 0. The van der Waals surface area contributed by atoms with Gasteiger partial charge in [0.1, 0.15) is 23.0 Å². The van der Waals surface area contributed by atoms with Gasteiger partial charge in [-0.2, -0.15) is 0 Å². The fourth-order valence-corrected chi connectivity index (χ4v) is 1.88. The zero-order valence-corrected chi connectivity index (χ0v) is 9.24. The lowest BCUT2D eigenvalue weighted by atomic mass is 10.2. The van der Waals surface area contributed by atoms with Crippen LogP contribution in [0.25, 0.3) is 22.4 Å². The van der Waals surface area contributed by atoms with Crippen molar-refractivity contribution in [2.75, 3.05) is 5.73 Å². The van der Waals surface area contributed by atoms with Crippen molar-refractivity contribution in [3.63, 3.8) is 0 Å². The second-order valence-corrected chi connectivity index (χ2v) is 3.99. The monoisotopic (exact) mass is 245 g/mol. The van der Waals surface area contributed by atoms with Crippen molar-refractivity contribution in [3.8, 4) is 11.4 Å². The third kappa shape index (κ3) is 1.69. The van der Waals surface area contributed by atoms with Gasteiger partial charge in [0.25, 0.3) is 0 Å². The Bertz CT molecular complexity index is 714. The summed E-state index contributed by atoms with van der Waals surface area (Å²) in [5.41, 5.74) is 7.97. The van der Waals surface area contributed by atoms with Crippen LogP contribution < -0.4 is 5.73 Å². The van der Waals surface area contributed by atoms with Crippen LogP contribution in [0.5, 0.6) is 0 Å². The molecule has 0 radical (unpaired) electrons. The number of rotatable bonds is 1. The van der Waals surface area contributed by atoms with Crippen molar-refractivity contribution in [2.24, 2.45) is 0 Å². The summed E-state index contributed by atoms with van der Waals surface area (Å²) in [6, 6.07) is 8.57. The van der Waals surface area contributed by atoms with E-state index < -0.39 is 11.6 Å². The number of nitrogens with two attached hydrogens (primary N) is 1. The molecule has 1 aromatic heterocycles. The number of nitrogen functional groups attached to an aromatic ring is 1. The van der Waals surface area contributed by atoms with Crippen LogP contribution in [0, 0.1) is 11.6 Å². The molecule has 90 valence electrons. The lowest BCUT2D eigenvalue weighted by Crippen LogP contribution is -1.86. The highest BCUT2D eigenvalue weighted by Crippen LogP contribution is 2.24. The molecule has 0 amide bonds. The number of para-hydroxylation sites is 1. The van der Waals surface area contributed by atoms with E-state index in [2.05, 4.69) is 9.97 Å². The molecule has 0 saturated heterocycles. The third-order valence-electron chi connectivity index (χ3n) is 2.68. The van der Waals surface area contributed by atoms with Gasteiger partial charge < -0.3 is 10.7 Å². The van der Waals surface area contributed by atoms with Crippen LogP contribution in [0.15, 0.2) is 36.4 Å². The average molecular weight is 245 g/mol. The number of nitrogens with zero attached hydrogens (tertiary/aromatic N) is 1. The van der Waals surface area contributed by atoms with E-state index in [0.717, 1.165) is 11.6 Å². The number of anilines is 1. The van der Waals surface area contributed by atoms with Gasteiger partial charge in [0.05, 0.1) is 11.2 Å². The SMILES string of the molecule is Nc1cccc2[nH]c(-c3cc(F)cc(F)c3)nc12. The maximum Gasteiger partial charge on any atom is 0.138 e. The molecule has 0 aliphatic carbocycles. The highest BCUT2D eigenvalue weighted by atomic mass is 19.1. The van der Waals surface area contributed by atoms with E-state index in [1.54, 1.807) is 18.2 Å². The maximum atomic E-state index is 13.1. The van der Waals surface area contributed by atoms with Crippen molar-refractivity contribution in [1.82, 2.24) is 9.97 Å². The second-order valence-electron chi connectivity index (χ2n) is 3.99. The molecule has 1 heterocycles. The van der Waals surface area contributed by atoms with E-state index in [0.29, 0.717) is 22.6 Å². The zero-order chi connectivity index (χ0) is 12.7. The van der Waals surface area contributed by atoms with Gasteiger partial charge in [-0.15, -0.1) is 0 Å². The van der Waals surface area contributed by atoms with E-state index in [9.17, 15) is 8.78 Å². The minimum atomic E-state index is -0.640. The van der Waals surface area contributed by atoms with Gasteiger partial charge in [-0.3, -0.25) is 0 Å². The van der Waals surface area contributed by atoms with Gasteiger partial charge in [0.2, 0.25) is 0 Å². The van der Waals surface area contributed by atoms with Crippen LogP contribution in [0.2, 0.25) is 0 Å². The molecule has 0 saturated carbocycles. The minimum Gasteiger partial charge on any atom is -0.397 e. The smallest absolute Gasteiger partial charge is 0.138 e. The number of hydrogen-bond acceptors (Lipinski definition) is 2. The quantitative estimate of drug-likeness (QED) is 0.647. The molecular formula is C13H9F2N3. The van der Waals surface area contributed by atoms with Gasteiger partial charge in [0.15, 0.2) is 0 Å². The highest BCUT2D eigenvalue weighted by molar-refractivity contribution is 5.89. The first-order chi connectivity index (χ1) is 8.63. The Labute approximate surface area is 101 Å². The Hall–Kier alpha value is -2.43. The molecule has 0 atom stereocenters.